The third-order valence-corrected chi connectivity index (χ3v) is 5.86. The van der Waals surface area contributed by atoms with Gasteiger partial charge in [0.25, 0.3) is 0 Å². The number of hydrogen-bond donors (Lipinski definition) is 8. The first-order valence-corrected chi connectivity index (χ1v) is 11.8. The van der Waals surface area contributed by atoms with Crippen LogP contribution in [-0.2, 0) is 4.79 Å². The highest BCUT2D eigenvalue weighted by Gasteiger charge is 2.39. The Morgan fingerprint density at radius 3 is 2.21 bits per heavy atom. The van der Waals surface area contributed by atoms with Gasteiger partial charge in [-0.1, -0.05) is 50.5 Å². The summed E-state index contributed by atoms with van der Waals surface area (Å²) in [6.45, 7) is 0.915. The monoisotopic (exact) mass is 475 g/mol. The normalized spacial score (nSPS) is 24.2. The SMILES string of the molecule is CCCCC[C@@H](O)/C=C/[C@H]1[C@H](C/C=C/CCCC(=O)O)[C@H](O)C[C@@H]1O.NC(CO)(CO)CO. The Labute approximate surface area is 197 Å². The molecule has 0 saturated heterocycles. The highest BCUT2D eigenvalue weighted by atomic mass is 16.4. The summed E-state index contributed by atoms with van der Waals surface area (Å²) in [5, 5.41) is 64.0. The number of rotatable bonds is 15. The van der Waals surface area contributed by atoms with Crippen molar-refractivity contribution in [2.75, 3.05) is 19.8 Å². The summed E-state index contributed by atoms with van der Waals surface area (Å²) in [5.41, 5.74) is 3.94. The second-order valence-corrected chi connectivity index (χ2v) is 8.89. The van der Waals surface area contributed by atoms with Crippen molar-refractivity contribution in [3.05, 3.63) is 24.3 Å². The van der Waals surface area contributed by atoms with E-state index in [-0.39, 0.29) is 18.3 Å². The van der Waals surface area contributed by atoms with Crippen molar-refractivity contribution in [2.24, 2.45) is 17.6 Å². The maximum Gasteiger partial charge on any atom is 0.303 e. The number of aliphatic hydroxyl groups excluding tert-OH is 6. The van der Waals surface area contributed by atoms with Crippen LogP contribution in [0.4, 0.5) is 0 Å². The van der Waals surface area contributed by atoms with Gasteiger partial charge in [0.2, 0.25) is 0 Å². The standard InChI is InChI=1S/C20H34O5.C4H11NO3/c1-2-3-6-9-15(21)12-13-17-16(18(22)14-19(17)23)10-7-4-5-8-11-20(24)25;5-4(1-6,2-7)3-8/h4,7,12-13,15-19,21-23H,2-3,5-6,8-11,14H2,1H3,(H,24,25);6-8H,1-3,5H2/b7-4+,13-12+;/t15-,16+,17+,18-,19+;/m1./s1. The van der Waals surface area contributed by atoms with E-state index in [1.807, 2.05) is 18.2 Å². The van der Waals surface area contributed by atoms with Crippen molar-refractivity contribution >= 4 is 5.97 Å². The zero-order chi connectivity index (χ0) is 25.3. The molecule has 1 fully saturated rings. The fourth-order valence-corrected chi connectivity index (χ4v) is 3.56. The Bertz CT molecular complexity index is 556. The van der Waals surface area contributed by atoms with E-state index in [9.17, 15) is 20.1 Å². The lowest BCUT2D eigenvalue weighted by Crippen LogP contribution is -2.50. The van der Waals surface area contributed by atoms with E-state index in [1.54, 1.807) is 6.08 Å². The number of nitrogens with two attached hydrogens (primary N) is 1. The van der Waals surface area contributed by atoms with Gasteiger partial charge in [0.1, 0.15) is 0 Å². The minimum absolute atomic E-state index is 0.0650. The molecule has 9 nitrogen and oxygen atoms in total. The molecule has 0 radical (unpaired) electrons. The number of aliphatic carboxylic acids is 1. The van der Waals surface area contributed by atoms with Crippen LogP contribution < -0.4 is 5.73 Å². The molecule has 5 atom stereocenters. The molecule has 0 aromatic rings. The van der Waals surface area contributed by atoms with Crippen LogP contribution in [0.3, 0.4) is 0 Å². The molecular weight excluding hydrogens is 430 g/mol. The molecule has 1 aliphatic rings. The summed E-state index contributed by atoms with van der Waals surface area (Å²) in [6.07, 6.45) is 12.3. The van der Waals surface area contributed by atoms with Gasteiger partial charge in [-0.3, -0.25) is 4.79 Å². The molecule has 194 valence electrons. The fraction of sp³-hybridized carbons (Fsp3) is 0.792. The molecule has 0 aliphatic heterocycles. The van der Waals surface area contributed by atoms with Gasteiger partial charge in [-0.2, -0.15) is 0 Å². The zero-order valence-electron chi connectivity index (χ0n) is 19.8. The Balaban J connectivity index is 0.00000109. The van der Waals surface area contributed by atoms with E-state index in [2.05, 4.69) is 6.92 Å². The quantitative estimate of drug-likeness (QED) is 0.125. The molecule has 33 heavy (non-hydrogen) atoms. The second kappa shape index (κ2) is 18.1. The number of aliphatic hydroxyl groups is 6. The minimum atomic E-state index is -1.21. The predicted molar refractivity (Wildman–Crippen MR) is 126 cm³/mol. The lowest BCUT2D eigenvalue weighted by atomic mass is 9.89. The highest BCUT2D eigenvalue weighted by molar-refractivity contribution is 5.66. The van der Waals surface area contributed by atoms with E-state index in [1.165, 1.54) is 0 Å². The van der Waals surface area contributed by atoms with Crippen molar-refractivity contribution in [1.82, 2.24) is 0 Å². The number of carboxylic acids is 1. The Morgan fingerprint density at radius 2 is 1.70 bits per heavy atom. The van der Waals surface area contributed by atoms with E-state index < -0.39 is 49.6 Å². The van der Waals surface area contributed by atoms with E-state index in [0.29, 0.717) is 25.7 Å². The van der Waals surface area contributed by atoms with E-state index in [0.717, 1.165) is 25.7 Å². The number of carboxylic acid groups (broad SMARTS) is 1. The Hall–Kier alpha value is -1.33. The third kappa shape index (κ3) is 13.8. The maximum absolute atomic E-state index is 10.5. The van der Waals surface area contributed by atoms with Crippen LogP contribution in [0.5, 0.6) is 0 Å². The van der Waals surface area contributed by atoms with Crippen LogP contribution in [0.2, 0.25) is 0 Å². The molecule has 9 N–H and O–H groups in total. The van der Waals surface area contributed by atoms with Gasteiger partial charge < -0.3 is 41.5 Å². The summed E-state index contributed by atoms with van der Waals surface area (Å²) in [6, 6.07) is 0. The van der Waals surface area contributed by atoms with Gasteiger partial charge in [-0.05, 0) is 31.6 Å². The lowest BCUT2D eigenvalue weighted by Gasteiger charge is -2.20. The van der Waals surface area contributed by atoms with Crippen molar-refractivity contribution in [1.29, 1.82) is 0 Å². The molecule has 1 aliphatic carbocycles. The first kappa shape index (κ1) is 31.7. The number of carbonyl (C=O) groups is 1. The molecule has 0 amide bonds. The van der Waals surface area contributed by atoms with Crippen LogP contribution in [0.25, 0.3) is 0 Å². The van der Waals surface area contributed by atoms with Crippen molar-refractivity contribution < 1.29 is 40.5 Å². The molecule has 0 heterocycles. The predicted octanol–water partition coefficient (Wildman–Crippen LogP) is 0.704. The third-order valence-electron chi connectivity index (χ3n) is 5.86. The summed E-state index contributed by atoms with van der Waals surface area (Å²) in [5.74, 6) is -1.00. The summed E-state index contributed by atoms with van der Waals surface area (Å²) >= 11 is 0. The van der Waals surface area contributed by atoms with Crippen LogP contribution in [0.15, 0.2) is 24.3 Å². The van der Waals surface area contributed by atoms with Gasteiger partial charge in [-0.15, -0.1) is 0 Å². The molecule has 1 rings (SSSR count). The van der Waals surface area contributed by atoms with E-state index in [4.69, 9.17) is 26.2 Å². The number of hydrogen-bond acceptors (Lipinski definition) is 8. The van der Waals surface area contributed by atoms with E-state index >= 15 is 0 Å². The second-order valence-electron chi connectivity index (χ2n) is 8.89. The van der Waals surface area contributed by atoms with Crippen molar-refractivity contribution in [3.8, 4) is 0 Å². The molecule has 0 bridgehead atoms. The number of unbranched alkanes of at least 4 members (excludes halogenated alkanes) is 3. The summed E-state index contributed by atoms with van der Waals surface area (Å²) in [7, 11) is 0. The maximum atomic E-state index is 10.5. The molecule has 0 aromatic carbocycles. The van der Waals surface area contributed by atoms with Crippen LogP contribution in [0, 0.1) is 11.8 Å². The average Bonchev–Trinajstić information content (AvgIpc) is 3.06. The molecular formula is C24H45NO8. The van der Waals surface area contributed by atoms with Crippen LogP contribution in [-0.4, -0.2) is 85.4 Å². The molecule has 0 unspecified atom stereocenters. The van der Waals surface area contributed by atoms with Crippen molar-refractivity contribution in [3.63, 3.8) is 0 Å². The number of allylic oxidation sites excluding steroid dienone is 2. The molecule has 1 saturated carbocycles. The Kier molecular flexibility index (Phi) is 17.3. The fourth-order valence-electron chi connectivity index (χ4n) is 3.56. The smallest absolute Gasteiger partial charge is 0.303 e. The summed E-state index contributed by atoms with van der Waals surface area (Å²) < 4.78 is 0. The zero-order valence-corrected chi connectivity index (χ0v) is 19.8. The summed E-state index contributed by atoms with van der Waals surface area (Å²) in [4.78, 5) is 10.5. The largest absolute Gasteiger partial charge is 0.481 e. The van der Waals surface area contributed by atoms with Crippen LogP contribution >= 0.6 is 0 Å². The Morgan fingerprint density at radius 1 is 1.06 bits per heavy atom. The van der Waals surface area contributed by atoms with Crippen LogP contribution in [0.1, 0.15) is 64.7 Å². The van der Waals surface area contributed by atoms with Gasteiger partial charge in [0.05, 0.1) is 43.7 Å². The first-order chi connectivity index (χ1) is 15.6. The molecule has 0 aromatic heterocycles. The van der Waals surface area contributed by atoms with Gasteiger partial charge >= 0.3 is 5.97 Å². The highest BCUT2D eigenvalue weighted by Crippen LogP contribution is 2.36. The van der Waals surface area contributed by atoms with Gasteiger partial charge in [0.15, 0.2) is 0 Å². The minimum Gasteiger partial charge on any atom is -0.481 e. The van der Waals surface area contributed by atoms with Gasteiger partial charge in [-0.25, -0.2) is 0 Å². The van der Waals surface area contributed by atoms with Gasteiger partial charge in [0, 0.05) is 18.8 Å². The molecule has 0 spiro atoms. The topological polar surface area (TPSA) is 185 Å². The first-order valence-electron chi connectivity index (χ1n) is 11.8. The van der Waals surface area contributed by atoms with Crippen molar-refractivity contribution in [2.45, 2.75) is 88.6 Å². The lowest BCUT2D eigenvalue weighted by molar-refractivity contribution is -0.137. The molecule has 9 heteroatoms. The average molecular weight is 476 g/mol.